The minimum Gasteiger partial charge on any atom is -0.491 e. The minimum absolute atomic E-state index is 0.0639. The SMILES string of the molecule is CCCCOCCCN1C(=O)C(Sc2ccccc2)=C(c2ccc(OC(C)C)cc2)C1=O. The number of amides is 2. The van der Waals surface area contributed by atoms with Crippen molar-refractivity contribution in [2.45, 2.75) is 51.0 Å². The highest BCUT2D eigenvalue weighted by Gasteiger charge is 2.39. The van der Waals surface area contributed by atoms with Crippen molar-refractivity contribution in [1.82, 2.24) is 4.90 Å². The van der Waals surface area contributed by atoms with Crippen molar-refractivity contribution in [3.63, 3.8) is 0 Å². The zero-order chi connectivity index (χ0) is 22.9. The lowest BCUT2D eigenvalue weighted by atomic mass is 10.1. The maximum absolute atomic E-state index is 13.3. The number of carbonyl (C=O) groups excluding carboxylic acids is 2. The van der Waals surface area contributed by atoms with Crippen LogP contribution >= 0.6 is 11.8 Å². The first-order valence-corrected chi connectivity index (χ1v) is 12.0. The molecule has 0 radical (unpaired) electrons. The molecule has 32 heavy (non-hydrogen) atoms. The fourth-order valence-electron chi connectivity index (χ4n) is 3.36. The van der Waals surface area contributed by atoms with Gasteiger partial charge < -0.3 is 9.47 Å². The first-order chi connectivity index (χ1) is 15.5. The van der Waals surface area contributed by atoms with Gasteiger partial charge in [-0.3, -0.25) is 14.5 Å². The number of nitrogens with zero attached hydrogens (tertiary/aromatic N) is 1. The van der Waals surface area contributed by atoms with Crippen LogP contribution in [0, 0.1) is 0 Å². The van der Waals surface area contributed by atoms with E-state index >= 15 is 0 Å². The third kappa shape index (κ3) is 6.24. The molecule has 2 aromatic rings. The normalized spacial score (nSPS) is 14.1. The van der Waals surface area contributed by atoms with Gasteiger partial charge in [0, 0.05) is 24.7 Å². The minimum atomic E-state index is -0.250. The quantitative estimate of drug-likeness (QED) is 0.311. The molecule has 0 fully saturated rings. The van der Waals surface area contributed by atoms with Crippen LogP contribution in [0.25, 0.3) is 5.57 Å². The van der Waals surface area contributed by atoms with Crippen molar-refractivity contribution in [3.8, 4) is 5.75 Å². The molecule has 3 rings (SSSR count). The second-order valence-electron chi connectivity index (χ2n) is 7.89. The van der Waals surface area contributed by atoms with E-state index in [0.717, 1.165) is 29.1 Å². The lowest BCUT2D eigenvalue weighted by Crippen LogP contribution is -2.33. The molecule has 0 saturated carbocycles. The van der Waals surface area contributed by atoms with Crippen LogP contribution in [-0.4, -0.2) is 42.6 Å². The number of hydrogen-bond acceptors (Lipinski definition) is 5. The Bertz CT molecular complexity index is 938. The molecule has 0 aliphatic carbocycles. The predicted octanol–water partition coefficient (Wildman–Crippen LogP) is 5.55. The number of carbonyl (C=O) groups is 2. The highest BCUT2D eigenvalue weighted by atomic mass is 32.2. The van der Waals surface area contributed by atoms with Crippen LogP contribution in [0.3, 0.4) is 0 Å². The highest BCUT2D eigenvalue weighted by Crippen LogP contribution is 2.40. The summed E-state index contributed by atoms with van der Waals surface area (Å²) < 4.78 is 11.3. The standard InChI is InChI=1S/C26H31NO4S/c1-4-5-17-30-18-9-16-27-25(28)23(20-12-14-21(15-13-20)31-19(2)3)24(26(27)29)32-22-10-7-6-8-11-22/h6-8,10-15,19H,4-5,9,16-18H2,1-3H3. The van der Waals surface area contributed by atoms with Crippen LogP contribution in [0.5, 0.6) is 5.75 Å². The number of benzene rings is 2. The molecule has 0 spiro atoms. The van der Waals surface area contributed by atoms with E-state index in [9.17, 15) is 9.59 Å². The third-order valence-corrected chi connectivity index (χ3v) is 6.01. The molecule has 0 atom stereocenters. The molecule has 2 aromatic carbocycles. The second-order valence-corrected chi connectivity index (χ2v) is 8.98. The molecule has 1 aliphatic rings. The molecule has 0 N–H and O–H groups in total. The number of ether oxygens (including phenoxy) is 2. The summed E-state index contributed by atoms with van der Waals surface area (Å²) in [5.41, 5.74) is 1.17. The van der Waals surface area contributed by atoms with Crippen LogP contribution < -0.4 is 4.74 Å². The fraction of sp³-hybridized carbons (Fsp3) is 0.385. The fourth-order valence-corrected chi connectivity index (χ4v) is 4.39. The van der Waals surface area contributed by atoms with Crippen LogP contribution in [0.4, 0.5) is 0 Å². The lowest BCUT2D eigenvalue weighted by Gasteiger charge is -2.15. The maximum atomic E-state index is 13.3. The Labute approximate surface area is 194 Å². The van der Waals surface area contributed by atoms with E-state index in [2.05, 4.69) is 6.92 Å². The lowest BCUT2D eigenvalue weighted by molar-refractivity contribution is -0.136. The van der Waals surface area contributed by atoms with Gasteiger partial charge in [0.25, 0.3) is 11.8 Å². The van der Waals surface area contributed by atoms with Gasteiger partial charge in [0.1, 0.15) is 5.75 Å². The van der Waals surface area contributed by atoms with E-state index in [0.29, 0.717) is 36.7 Å². The summed E-state index contributed by atoms with van der Waals surface area (Å²) in [5.74, 6) is 0.244. The van der Waals surface area contributed by atoms with Gasteiger partial charge in [0.2, 0.25) is 0 Å². The first-order valence-electron chi connectivity index (χ1n) is 11.2. The summed E-state index contributed by atoms with van der Waals surface area (Å²) in [5, 5.41) is 0. The molecule has 1 heterocycles. The summed E-state index contributed by atoms with van der Waals surface area (Å²) in [6.45, 7) is 7.64. The van der Waals surface area contributed by atoms with Crippen molar-refractivity contribution < 1.29 is 19.1 Å². The molecule has 1 aliphatic heterocycles. The van der Waals surface area contributed by atoms with Gasteiger partial charge in [0.05, 0.1) is 16.6 Å². The number of hydrogen-bond donors (Lipinski definition) is 0. The number of thioether (sulfide) groups is 1. The summed E-state index contributed by atoms with van der Waals surface area (Å²) in [6, 6.07) is 17.0. The molecule has 2 amide bonds. The van der Waals surface area contributed by atoms with E-state index in [-0.39, 0.29) is 17.9 Å². The summed E-state index contributed by atoms with van der Waals surface area (Å²) >= 11 is 1.34. The number of imide groups is 1. The number of rotatable bonds is 12. The molecular weight excluding hydrogens is 422 g/mol. The molecule has 0 aromatic heterocycles. The average Bonchev–Trinajstić information content (AvgIpc) is 3.01. The molecule has 6 heteroatoms. The molecule has 0 bridgehead atoms. The molecule has 5 nitrogen and oxygen atoms in total. The Morgan fingerprint density at radius 1 is 0.906 bits per heavy atom. The zero-order valence-corrected chi connectivity index (χ0v) is 19.8. The Balaban J connectivity index is 1.81. The Hall–Kier alpha value is -2.57. The highest BCUT2D eigenvalue weighted by molar-refractivity contribution is 8.04. The van der Waals surface area contributed by atoms with Crippen LogP contribution in [-0.2, 0) is 14.3 Å². The third-order valence-electron chi connectivity index (χ3n) is 4.92. The van der Waals surface area contributed by atoms with Crippen molar-refractivity contribution in [2.75, 3.05) is 19.8 Å². The summed E-state index contributed by atoms with van der Waals surface area (Å²) in [4.78, 5) is 29.3. The van der Waals surface area contributed by atoms with E-state index < -0.39 is 0 Å². The molecule has 0 unspecified atom stereocenters. The van der Waals surface area contributed by atoms with Crippen molar-refractivity contribution in [2.24, 2.45) is 0 Å². The smallest absolute Gasteiger partial charge is 0.268 e. The van der Waals surface area contributed by atoms with Gasteiger partial charge >= 0.3 is 0 Å². The molecule has 0 saturated heterocycles. The van der Waals surface area contributed by atoms with Crippen molar-refractivity contribution in [3.05, 3.63) is 65.1 Å². The molecular formula is C26H31NO4S. The Morgan fingerprint density at radius 2 is 1.59 bits per heavy atom. The monoisotopic (exact) mass is 453 g/mol. The van der Waals surface area contributed by atoms with E-state index in [1.807, 2.05) is 68.4 Å². The van der Waals surface area contributed by atoms with Gasteiger partial charge in [0.15, 0.2) is 0 Å². The van der Waals surface area contributed by atoms with Gasteiger partial charge in [-0.1, -0.05) is 55.4 Å². The largest absolute Gasteiger partial charge is 0.491 e. The molecule has 170 valence electrons. The first kappa shape index (κ1) is 24.1. The Kier molecular flexibility index (Phi) is 8.94. The number of unbranched alkanes of at least 4 members (excludes halogenated alkanes) is 1. The van der Waals surface area contributed by atoms with Crippen molar-refractivity contribution in [1.29, 1.82) is 0 Å². The van der Waals surface area contributed by atoms with E-state index in [4.69, 9.17) is 9.47 Å². The predicted molar refractivity (Wildman–Crippen MR) is 128 cm³/mol. The van der Waals surface area contributed by atoms with Gasteiger partial charge in [-0.15, -0.1) is 0 Å². The van der Waals surface area contributed by atoms with Crippen molar-refractivity contribution >= 4 is 29.1 Å². The summed E-state index contributed by atoms with van der Waals surface area (Å²) in [6.07, 6.45) is 2.78. The van der Waals surface area contributed by atoms with Crippen LogP contribution in [0.2, 0.25) is 0 Å². The van der Waals surface area contributed by atoms with Crippen LogP contribution in [0.1, 0.15) is 45.6 Å². The second kappa shape index (κ2) is 11.9. The van der Waals surface area contributed by atoms with E-state index in [1.54, 1.807) is 0 Å². The van der Waals surface area contributed by atoms with Gasteiger partial charge in [-0.05, 0) is 56.5 Å². The van der Waals surface area contributed by atoms with Gasteiger partial charge in [-0.25, -0.2) is 0 Å². The Morgan fingerprint density at radius 3 is 2.25 bits per heavy atom. The average molecular weight is 454 g/mol. The summed E-state index contributed by atoms with van der Waals surface area (Å²) in [7, 11) is 0. The van der Waals surface area contributed by atoms with Crippen LogP contribution in [0.15, 0.2) is 64.4 Å². The topological polar surface area (TPSA) is 55.8 Å². The maximum Gasteiger partial charge on any atom is 0.268 e. The zero-order valence-electron chi connectivity index (χ0n) is 19.0. The van der Waals surface area contributed by atoms with E-state index in [1.165, 1.54) is 16.7 Å². The van der Waals surface area contributed by atoms with Gasteiger partial charge in [-0.2, -0.15) is 0 Å².